The molecule has 0 aliphatic heterocycles. The Labute approximate surface area is 178 Å². The molecule has 0 spiro atoms. The van der Waals surface area contributed by atoms with Crippen LogP contribution in [0.2, 0.25) is 0 Å². The fourth-order valence-electron chi connectivity index (χ4n) is 2.10. The lowest BCUT2D eigenvalue weighted by Gasteiger charge is -2.19. The summed E-state index contributed by atoms with van der Waals surface area (Å²) in [4.78, 5) is 47.1. The molecule has 172 valence electrons. The fraction of sp³-hybridized carbons (Fsp3) is 0.688. The van der Waals surface area contributed by atoms with Gasteiger partial charge in [0.2, 0.25) is 16.9 Å². The number of thioether (sulfide) groups is 1. The Balaban J connectivity index is 4.64. The largest absolute Gasteiger partial charge is 0.480 e. The van der Waals surface area contributed by atoms with Gasteiger partial charge in [-0.15, -0.1) is 0 Å². The van der Waals surface area contributed by atoms with Crippen LogP contribution in [-0.2, 0) is 19.2 Å². The van der Waals surface area contributed by atoms with E-state index in [0.29, 0.717) is 19.4 Å². The highest BCUT2D eigenvalue weighted by Gasteiger charge is 2.24. The Morgan fingerprint density at radius 2 is 1.70 bits per heavy atom. The molecule has 13 nitrogen and oxygen atoms in total. The summed E-state index contributed by atoms with van der Waals surface area (Å²) < 4.78 is 0. The molecule has 0 fully saturated rings. The molecule has 0 rings (SSSR count). The van der Waals surface area contributed by atoms with Gasteiger partial charge in [-0.25, -0.2) is 0 Å². The number of hydrogen-bond acceptors (Lipinski definition) is 9. The second-order valence-electron chi connectivity index (χ2n) is 6.34. The van der Waals surface area contributed by atoms with E-state index in [-0.39, 0.29) is 42.8 Å². The van der Waals surface area contributed by atoms with Gasteiger partial charge in [0.25, 0.3) is 0 Å². The average Bonchev–Trinajstić information content (AvgIpc) is 2.69. The van der Waals surface area contributed by atoms with Crippen LogP contribution in [0.5, 0.6) is 0 Å². The van der Waals surface area contributed by atoms with Gasteiger partial charge in [-0.3, -0.25) is 24.6 Å². The Morgan fingerprint density at radius 1 is 1.03 bits per heavy atom. The van der Waals surface area contributed by atoms with Crippen molar-refractivity contribution in [1.29, 1.82) is 5.41 Å². The second kappa shape index (κ2) is 15.4. The summed E-state index contributed by atoms with van der Waals surface area (Å²) in [5, 5.41) is 31.7. The SMILES string of the molecule is N=C(N)NCCC[C@H](N)C(=O)SC[C@H](NC(=O)CC[C@H](N)C(=O)O)C(=O)NCCO. The highest BCUT2D eigenvalue weighted by atomic mass is 32.2. The smallest absolute Gasteiger partial charge is 0.320 e. The van der Waals surface area contributed by atoms with Crippen molar-refractivity contribution >= 4 is 40.6 Å². The van der Waals surface area contributed by atoms with Crippen molar-refractivity contribution in [3.63, 3.8) is 0 Å². The summed E-state index contributed by atoms with van der Waals surface area (Å²) in [6.45, 7) is 0.0587. The number of guanidine groups is 1. The molecule has 2 amide bonds. The quantitative estimate of drug-likeness (QED) is 0.0677. The molecule has 0 heterocycles. The molecule has 0 saturated heterocycles. The molecule has 0 aromatic heterocycles. The van der Waals surface area contributed by atoms with Crippen molar-refractivity contribution < 1.29 is 29.4 Å². The van der Waals surface area contributed by atoms with Gasteiger partial charge in [0.05, 0.1) is 12.6 Å². The first kappa shape index (κ1) is 27.6. The lowest BCUT2D eigenvalue weighted by Crippen LogP contribution is -2.49. The first-order valence-corrected chi connectivity index (χ1v) is 10.2. The van der Waals surface area contributed by atoms with Crippen LogP contribution in [0, 0.1) is 5.41 Å². The zero-order valence-corrected chi connectivity index (χ0v) is 17.4. The number of aliphatic hydroxyl groups excluding tert-OH is 1. The minimum atomic E-state index is -1.24. The van der Waals surface area contributed by atoms with Gasteiger partial charge < -0.3 is 43.4 Å². The van der Waals surface area contributed by atoms with E-state index >= 15 is 0 Å². The third-order valence-electron chi connectivity index (χ3n) is 3.76. The van der Waals surface area contributed by atoms with Gasteiger partial charge in [-0.1, -0.05) is 11.8 Å². The maximum absolute atomic E-state index is 12.2. The number of carboxylic acid groups (broad SMARTS) is 1. The normalized spacial score (nSPS) is 13.6. The van der Waals surface area contributed by atoms with Gasteiger partial charge in [-0.05, 0) is 19.3 Å². The van der Waals surface area contributed by atoms with Gasteiger partial charge in [0.1, 0.15) is 12.1 Å². The van der Waals surface area contributed by atoms with Crippen LogP contribution in [0.25, 0.3) is 0 Å². The van der Waals surface area contributed by atoms with Crippen LogP contribution in [0.4, 0.5) is 0 Å². The first-order chi connectivity index (χ1) is 14.1. The van der Waals surface area contributed by atoms with Crippen LogP contribution in [0.1, 0.15) is 25.7 Å². The standard InChI is InChI=1S/C16H31N7O6S/c17-9(14(27)28)3-4-12(25)23-11(13(26)21-6-7-24)8-30-15(29)10(18)2-1-5-22-16(19)20/h9-11,24H,1-8,17-18H2,(H,21,26)(H,23,25)(H,27,28)(H4,19,20,22)/t9-,10-,11-/m0/s1. The molecule has 0 saturated carbocycles. The number of amides is 2. The molecular weight excluding hydrogens is 418 g/mol. The number of aliphatic hydroxyl groups is 1. The molecule has 30 heavy (non-hydrogen) atoms. The molecule has 0 unspecified atom stereocenters. The van der Waals surface area contributed by atoms with Gasteiger partial charge in [0, 0.05) is 25.3 Å². The number of rotatable bonds is 15. The molecule has 0 aliphatic rings. The Morgan fingerprint density at radius 3 is 2.27 bits per heavy atom. The number of hydrogen-bond donors (Lipinski definition) is 9. The zero-order valence-electron chi connectivity index (χ0n) is 16.6. The van der Waals surface area contributed by atoms with Crippen molar-refractivity contribution in [3.8, 4) is 0 Å². The lowest BCUT2D eigenvalue weighted by molar-refractivity contribution is -0.139. The van der Waals surface area contributed by atoms with E-state index in [4.69, 9.17) is 32.8 Å². The minimum absolute atomic E-state index is 0.0314. The summed E-state index contributed by atoms with van der Waals surface area (Å²) in [6.07, 6.45) is 0.525. The maximum atomic E-state index is 12.2. The summed E-state index contributed by atoms with van der Waals surface area (Å²) in [6, 6.07) is -3.08. The number of nitrogens with one attached hydrogen (secondary N) is 4. The Kier molecular flexibility index (Phi) is 14.2. The van der Waals surface area contributed by atoms with Gasteiger partial charge in [-0.2, -0.15) is 0 Å². The van der Waals surface area contributed by atoms with E-state index in [9.17, 15) is 19.2 Å². The van der Waals surface area contributed by atoms with Crippen molar-refractivity contribution in [2.45, 2.75) is 43.8 Å². The van der Waals surface area contributed by atoms with E-state index in [1.807, 2.05) is 0 Å². The monoisotopic (exact) mass is 449 g/mol. The lowest BCUT2D eigenvalue weighted by atomic mass is 10.1. The zero-order chi connectivity index (χ0) is 23.1. The van der Waals surface area contributed by atoms with Crippen molar-refractivity contribution in [2.24, 2.45) is 17.2 Å². The second-order valence-corrected chi connectivity index (χ2v) is 7.36. The maximum Gasteiger partial charge on any atom is 0.320 e. The van der Waals surface area contributed by atoms with E-state index in [1.165, 1.54) is 0 Å². The van der Waals surface area contributed by atoms with Crippen LogP contribution >= 0.6 is 11.8 Å². The molecule has 0 aliphatic carbocycles. The molecule has 12 N–H and O–H groups in total. The minimum Gasteiger partial charge on any atom is -0.480 e. The van der Waals surface area contributed by atoms with Crippen LogP contribution in [-0.4, -0.2) is 82.6 Å². The Hall–Kier alpha value is -2.42. The van der Waals surface area contributed by atoms with E-state index < -0.39 is 35.9 Å². The first-order valence-electron chi connectivity index (χ1n) is 9.24. The van der Waals surface area contributed by atoms with Gasteiger partial charge in [0.15, 0.2) is 5.96 Å². The summed E-state index contributed by atoms with van der Waals surface area (Å²) >= 11 is 0.782. The highest BCUT2D eigenvalue weighted by Crippen LogP contribution is 2.11. The number of carbonyl (C=O) groups is 4. The molecule has 0 bridgehead atoms. The average molecular weight is 450 g/mol. The van der Waals surface area contributed by atoms with E-state index in [0.717, 1.165) is 11.8 Å². The molecule has 0 aromatic rings. The van der Waals surface area contributed by atoms with Crippen molar-refractivity contribution in [3.05, 3.63) is 0 Å². The van der Waals surface area contributed by atoms with E-state index in [1.54, 1.807) is 0 Å². The molecule has 14 heteroatoms. The number of aliphatic carboxylic acids is 1. The predicted octanol–water partition coefficient (Wildman–Crippen LogP) is -3.38. The predicted molar refractivity (Wildman–Crippen MR) is 111 cm³/mol. The van der Waals surface area contributed by atoms with Gasteiger partial charge >= 0.3 is 5.97 Å². The molecular formula is C16H31N7O6S. The van der Waals surface area contributed by atoms with E-state index in [2.05, 4.69) is 16.0 Å². The summed E-state index contributed by atoms with van der Waals surface area (Å²) in [5.74, 6) is -2.70. The molecule has 0 aromatic carbocycles. The fourth-order valence-corrected chi connectivity index (χ4v) is 2.99. The van der Waals surface area contributed by atoms with Crippen molar-refractivity contribution in [1.82, 2.24) is 16.0 Å². The summed E-state index contributed by atoms with van der Waals surface area (Å²) in [7, 11) is 0. The molecule has 0 radical (unpaired) electrons. The van der Waals surface area contributed by atoms with Crippen LogP contribution in [0.3, 0.4) is 0 Å². The Bertz CT molecular complexity index is 607. The number of carboxylic acids is 1. The summed E-state index contributed by atoms with van der Waals surface area (Å²) in [5.41, 5.74) is 16.3. The van der Waals surface area contributed by atoms with Crippen LogP contribution < -0.4 is 33.2 Å². The van der Waals surface area contributed by atoms with Crippen molar-refractivity contribution in [2.75, 3.05) is 25.4 Å². The third kappa shape index (κ3) is 12.9. The topological polar surface area (TPSA) is 247 Å². The number of nitrogens with two attached hydrogens (primary N) is 3. The molecule has 3 atom stereocenters. The third-order valence-corrected chi connectivity index (χ3v) is 4.85. The van der Waals surface area contributed by atoms with Crippen LogP contribution in [0.15, 0.2) is 0 Å². The number of carbonyl (C=O) groups excluding carboxylic acids is 3. The highest BCUT2D eigenvalue weighted by molar-refractivity contribution is 8.13.